The molecule has 3 N–H and O–H groups in total. The fourth-order valence-corrected chi connectivity index (χ4v) is 1.39. The summed E-state index contributed by atoms with van der Waals surface area (Å²) < 4.78 is 36.9. The normalized spacial score (nSPS) is 11.5. The number of carboxylic acids is 1. The van der Waals surface area contributed by atoms with Crippen molar-refractivity contribution in [3.63, 3.8) is 0 Å². The monoisotopic (exact) mass is 239 g/mol. The first-order chi connectivity index (χ1) is 6.75. The van der Waals surface area contributed by atoms with E-state index in [4.69, 9.17) is 22.4 Å². The molecule has 15 heavy (non-hydrogen) atoms. The van der Waals surface area contributed by atoms with Crippen LogP contribution in [0.4, 0.5) is 18.9 Å². The average Bonchev–Trinajstić information content (AvgIpc) is 2.00. The van der Waals surface area contributed by atoms with Crippen LogP contribution in [-0.4, -0.2) is 11.1 Å². The number of benzene rings is 1. The van der Waals surface area contributed by atoms with Crippen molar-refractivity contribution in [1.82, 2.24) is 0 Å². The molecule has 0 aliphatic carbocycles. The first kappa shape index (κ1) is 11.6. The van der Waals surface area contributed by atoms with Crippen molar-refractivity contribution >= 4 is 23.3 Å². The maximum absolute atomic E-state index is 12.3. The molecule has 7 heteroatoms. The Morgan fingerprint density at radius 1 is 1.40 bits per heavy atom. The minimum atomic E-state index is -4.70. The molecule has 1 aromatic rings. The molecule has 0 unspecified atom stereocenters. The predicted molar refractivity (Wildman–Crippen MR) is 47.8 cm³/mol. The van der Waals surface area contributed by atoms with Crippen molar-refractivity contribution < 1.29 is 23.1 Å². The zero-order valence-corrected chi connectivity index (χ0v) is 7.86. The Bertz CT molecular complexity index is 417. The van der Waals surface area contributed by atoms with E-state index in [1.54, 1.807) is 0 Å². The summed E-state index contributed by atoms with van der Waals surface area (Å²) in [7, 11) is 0. The smallest absolute Gasteiger partial charge is 0.417 e. The SMILES string of the molecule is Nc1ccc(C(F)(F)F)c(Cl)c1C(=O)O. The number of hydrogen-bond acceptors (Lipinski definition) is 2. The zero-order valence-electron chi connectivity index (χ0n) is 7.10. The summed E-state index contributed by atoms with van der Waals surface area (Å²) >= 11 is 5.31. The van der Waals surface area contributed by atoms with E-state index < -0.39 is 28.3 Å². The van der Waals surface area contributed by atoms with Gasteiger partial charge in [-0.2, -0.15) is 13.2 Å². The van der Waals surface area contributed by atoms with Crippen LogP contribution >= 0.6 is 11.6 Å². The Morgan fingerprint density at radius 2 is 1.93 bits per heavy atom. The van der Waals surface area contributed by atoms with Gasteiger partial charge in [-0.25, -0.2) is 4.79 Å². The predicted octanol–water partition coefficient (Wildman–Crippen LogP) is 2.64. The summed E-state index contributed by atoms with van der Waals surface area (Å²) in [6.07, 6.45) is -4.70. The van der Waals surface area contributed by atoms with Crippen molar-refractivity contribution in [2.45, 2.75) is 6.18 Å². The Balaban J connectivity index is 3.49. The number of nitrogen functional groups attached to an aromatic ring is 1. The number of carbonyl (C=O) groups is 1. The Hall–Kier alpha value is -1.43. The molecular formula is C8H5ClF3NO2. The highest BCUT2D eigenvalue weighted by atomic mass is 35.5. The molecule has 0 atom stereocenters. The van der Waals surface area contributed by atoms with Gasteiger partial charge >= 0.3 is 12.1 Å². The van der Waals surface area contributed by atoms with Gasteiger partial charge in [-0.05, 0) is 12.1 Å². The van der Waals surface area contributed by atoms with Crippen molar-refractivity contribution in [1.29, 1.82) is 0 Å². The summed E-state index contributed by atoms with van der Waals surface area (Å²) in [5, 5.41) is 7.71. The van der Waals surface area contributed by atoms with Gasteiger partial charge < -0.3 is 10.8 Å². The molecule has 0 spiro atoms. The maximum atomic E-state index is 12.3. The van der Waals surface area contributed by atoms with E-state index in [1.807, 2.05) is 0 Å². The van der Waals surface area contributed by atoms with Gasteiger partial charge in [0.15, 0.2) is 0 Å². The molecule has 0 fully saturated rings. The Kier molecular flexibility index (Phi) is 2.81. The molecule has 3 nitrogen and oxygen atoms in total. The van der Waals surface area contributed by atoms with Crippen LogP contribution in [0.5, 0.6) is 0 Å². The minimum Gasteiger partial charge on any atom is -0.478 e. The van der Waals surface area contributed by atoms with E-state index in [2.05, 4.69) is 0 Å². The van der Waals surface area contributed by atoms with Crippen LogP contribution in [0.2, 0.25) is 5.02 Å². The van der Waals surface area contributed by atoms with Gasteiger partial charge in [0.25, 0.3) is 0 Å². The number of halogens is 4. The minimum absolute atomic E-state index is 0.305. The van der Waals surface area contributed by atoms with Crippen LogP contribution in [0, 0.1) is 0 Å². The van der Waals surface area contributed by atoms with Gasteiger partial charge in [0.1, 0.15) is 5.56 Å². The van der Waals surface area contributed by atoms with E-state index in [1.165, 1.54) is 0 Å². The van der Waals surface area contributed by atoms with E-state index in [9.17, 15) is 18.0 Å². The third-order valence-corrected chi connectivity index (χ3v) is 2.09. The maximum Gasteiger partial charge on any atom is 0.417 e. The van der Waals surface area contributed by atoms with Crippen molar-refractivity contribution in [2.24, 2.45) is 0 Å². The Morgan fingerprint density at radius 3 is 2.33 bits per heavy atom. The fourth-order valence-electron chi connectivity index (χ4n) is 1.03. The lowest BCUT2D eigenvalue weighted by Gasteiger charge is -2.11. The molecule has 0 heterocycles. The van der Waals surface area contributed by atoms with E-state index in [0.717, 1.165) is 6.07 Å². The summed E-state index contributed by atoms with van der Waals surface area (Å²) in [5.74, 6) is -1.59. The second-order valence-electron chi connectivity index (χ2n) is 2.69. The topological polar surface area (TPSA) is 63.3 Å². The van der Waals surface area contributed by atoms with Gasteiger partial charge in [-0.1, -0.05) is 11.6 Å². The summed E-state index contributed by atoms with van der Waals surface area (Å²) in [6.45, 7) is 0. The standard InChI is InChI=1S/C8H5ClF3NO2/c9-6-3(8(10,11)12)1-2-4(13)5(6)7(14)15/h1-2H,13H2,(H,14,15). The molecule has 0 aliphatic heterocycles. The number of anilines is 1. The molecule has 1 aromatic carbocycles. The molecule has 0 amide bonds. The number of carboxylic acid groups (broad SMARTS) is 1. The molecule has 0 radical (unpaired) electrons. The molecule has 0 saturated carbocycles. The molecule has 0 aliphatic rings. The number of nitrogens with two attached hydrogens (primary N) is 1. The third kappa shape index (κ3) is 2.15. The summed E-state index contributed by atoms with van der Waals surface area (Å²) in [4.78, 5) is 10.6. The summed E-state index contributed by atoms with van der Waals surface area (Å²) in [5.41, 5.74) is 2.95. The van der Waals surface area contributed by atoms with Crippen LogP contribution < -0.4 is 5.73 Å². The van der Waals surface area contributed by atoms with Crippen LogP contribution in [0.25, 0.3) is 0 Å². The molecule has 0 aromatic heterocycles. The van der Waals surface area contributed by atoms with Gasteiger partial charge in [-0.15, -0.1) is 0 Å². The summed E-state index contributed by atoms with van der Waals surface area (Å²) in [6, 6.07) is 1.50. The van der Waals surface area contributed by atoms with Gasteiger partial charge in [0.05, 0.1) is 10.6 Å². The van der Waals surface area contributed by atoms with Crippen LogP contribution in [-0.2, 0) is 6.18 Å². The first-order valence-electron chi connectivity index (χ1n) is 3.63. The first-order valence-corrected chi connectivity index (χ1v) is 4.01. The molecule has 82 valence electrons. The lowest BCUT2D eigenvalue weighted by atomic mass is 10.1. The second kappa shape index (κ2) is 3.62. The largest absolute Gasteiger partial charge is 0.478 e. The van der Waals surface area contributed by atoms with Crippen LogP contribution in [0.1, 0.15) is 15.9 Å². The molecule has 0 bridgehead atoms. The van der Waals surface area contributed by atoms with Crippen LogP contribution in [0.15, 0.2) is 12.1 Å². The van der Waals surface area contributed by atoms with Crippen molar-refractivity contribution in [3.05, 3.63) is 28.3 Å². The van der Waals surface area contributed by atoms with E-state index in [-0.39, 0.29) is 5.69 Å². The van der Waals surface area contributed by atoms with Gasteiger partial charge in [0, 0.05) is 5.69 Å². The van der Waals surface area contributed by atoms with Crippen molar-refractivity contribution in [3.8, 4) is 0 Å². The molecule has 0 saturated heterocycles. The fraction of sp³-hybridized carbons (Fsp3) is 0.125. The number of alkyl halides is 3. The quantitative estimate of drug-likeness (QED) is 0.741. The van der Waals surface area contributed by atoms with Gasteiger partial charge in [-0.3, -0.25) is 0 Å². The number of hydrogen-bond donors (Lipinski definition) is 2. The van der Waals surface area contributed by atoms with Crippen LogP contribution in [0.3, 0.4) is 0 Å². The average molecular weight is 240 g/mol. The van der Waals surface area contributed by atoms with Gasteiger partial charge in [0.2, 0.25) is 0 Å². The molecule has 1 rings (SSSR count). The zero-order chi connectivity index (χ0) is 11.8. The van der Waals surface area contributed by atoms with E-state index >= 15 is 0 Å². The number of rotatable bonds is 1. The highest BCUT2D eigenvalue weighted by Gasteiger charge is 2.35. The third-order valence-electron chi connectivity index (χ3n) is 1.69. The highest BCUT2D eigenvalue weighted by molar-refractivity contribution is 6.35. The molecular weight excluding hydrogens is 235 g/mol. The lowest BCUT2D eigenvalue weighted by Crippen LogP contribution is -2.11. The highest BCUT2D eigenvalue weighted by Crippen LogP contribution is 2.38. The number of aromatic carboxylic acids is 1. The van der Waals surface area contributed by atoms with E-state index in [0.29, 0.717) is 6.07 Å². The lowest BCUT2D eigenvalue weighted by molar-refractivity contribution is -0.137. The second-order valence-corrected chi connectivity index (χ2v) is 3.07. The van der Waals surface area contributed by atoms with Crippen molar-refractivity contribution in [2.75, 3.05) is 5.73 Å². The Labute approximate surface area is 87.3 Å².